The van der Waals surface area contributed by atoms with E-state index in [2.05, 4.69) is 23.3 Å². The van der Waals surface area contributed by atoms with Gasteiger partial charge in [-0.25, -0.2) is 0 Å². The molecule has 0 bridgehead atoms. The third kappa shape index (κ3) is 2.19. The van der Waals surface area contributed by atoms with E-state index >= 15 is 0 Å². The largest absolute Gasteiger partial charge is 0.324 e. The summed E-state index contributed by atoms with van der Waals surface area (Å²) in [5.41, 5.74) is 0. The molecule has 0 spiro atoms. The summed E-state index contributed by atoms with van der Waals surface area (Å²) < 4.78 is 2.47. The molecule has 0 amide bonds. The molecule has 0 saturated carbocycles. The summed E-state index contributed by atoms with van der Waals surface area (Å²) in [6, 6.07) is 0. The van der Waals surface area contributed by atoms with Crippen molar-refractivity contribution >= 4 is 26.0 Å². The Hall–Kier alpha value is 0.190. The Kier molecular flexibility index (Phi) is 3.34. The second kappa shape index (κ2) is 3.19. The maximum absolute atomic E-state index is 4.35. The zero-order chi connectivity index (χ0) is 3.41. The van der Waals surface area contributed by atoms with Gasteiger partial charge in [-0.2, -0.15) is 4.76 Å². The Morgan fingerprint density at radius 3 is 2.25 bits per heavy atom. The van der Waals surface area contributed by atoms with Gasteiger partial charge in [-0.1, -0.05) is 0 Å². The van der Waals surface area contributed by atoms with Crippen molar-refractivity contribution in [2.75, 3.05) is 0 Å². The SMILES string of the molecule is C=[NH+]P=S. The summed E-state index contributed by atoms with van der Waals surface area (Å²) in [6.45, 7) is 3.24. The summed E-state index contributed by atoms with van der Waals surface area (Å²) in [7, 11) is 0.721. The van der Waals surface area contributed by atoms with Gasteiger partial charge in [0.05, 0.1) is 0 Å². The van der Waals surface area contributed by atoms with Crippen molar-refractivity contribution in [2.24, 2.45) is 0 Å². The van der Waals surface area contributed by atoms with Crippen molar-refractivity contribution in [3.05, 3.63) is 0 Å². The van der Waals surface area contributed by atoms with Crippen molar-refractivity contribution in [1.29, 1.82) is 0 Å². The van der Waals surface area contributed by atoms with Crippen LogP contribution in [0.2, 0.25) is 0 Å². The highest BCUT2D eigenvalue weighted by Gasteiger charge is 1.46. The maximum Gasteiger partial charge on any atom is 0.324 e. The lowest BCUT2D eigenvalue weighted by molar-refractivity contribution is -0.236. The van der Waals surface area contributed by atoms with Gasteiger partial charge in [-0.05, 0) is 0 Å². The van der Waals surface area contributed by atoms with Gasteiger partial charge >= 0.3 is 7.51 Å². The third-order valence-corrected chi connectivity index (χ3v) is 0.581. The second-order valence-corrected chi connectivity index (χ2v) is 1.30. The predicted molar refractivity (Wildman–Crippen MR) is 22.4 cm³/mol. The molecule has 0 rings (SSSR count). The molecule has 1 nitrogen and oxygen atoms in total. The van der Waals surface area contributed by atoms with Crippen LogP contribution in [0.3, 0.4) is 0 Å². The van der Waals surface area contributed by atoms with Gasteiger partial charge < -0.3 is 0 Å². The van der Waals surface area contributed by atoms with Crippen LogP contribution in [0.15, 0.2) is 0 Å². The van der Waals surface area contributed by atoms with E-state index in [1.165, 1.54) is 0 Å². The van der Waals surface area contributed by atoms with Gasteiger partial charge in [0.15, 0.2) is 0 Å². The van der Waals surface area contributed by atoms with E-state index in [-0.39, 0.29) is 0 Å². The molecule has 0 aromatic heterocycles. The molecule has 0 atom stereocenters. The van der Waals surface area contributed by atoms with Crippen molar-refractivity contribution in [1.82, 2.24) is 0 Å². The first-order chi connectivity index (χ1) is 1.91. The first-order valence-electron chi connectivity index (χ1n) is 0.760. The van der Waals surface area contributed by atoms with E-state index in [4.69, 9.17) is 0 Å². The highest BCUT2D eigenvalue weighted by Crippen LogP contribution is 1.51. The second-order valence-electron chi connectivity index (χ2n) is 0.249. The topological polar surface area (TPSA) is 14.0 Å². The lowest BCUT2D eigenvalue weighted by atomic mass is 11.8. The molecule has 3 heteroatoms. The zero-order valence-corrected chi connectivity index (χ0v) is 3.77. The number of rotatable bonds is 1. The fourth-order valence-electron chi connectivity index (χ4n) is 0. The average molecular weight is 92.1 g/mol. The summed E-state index contributed by atoms with van der Waals surface area (Å²) in [5, 5.41) is 0. The van der Waals surface area contributed by atoms with Crippen LogP contribution in [0.1, 0.15) is 0 Å². The summed E-state index contributed by atoms with van der Waals surface area (Å²) in [5.74, 6) is 0. The molecule has 0 radical (unpaired) electrons. The van der Waals surface area contributed by atoms with Crippen LogP contribution in [0.4, 0.5) is 0 Å². The lowest BCUT2D eigenvalue weighted by Crippen LogP contribution is -2.49. The van der Waals surface area contributed by atoms with E-state index in [0.29, 0.717) is 0 Å². The molecule has 0 saturated heterocycles. The minimum atomic E-state index is 0.721. The molecule has 0 unspecified atom stereocenters. The van der Waals surface area contributed by atoms with Gasteiger partial charge in [0, 0.05) is 11.8 Å². The highest BCUT2D eigenvalue weighted by molar-refractivity contribution is 7.93. The van der Waals surface area contributed by atoms with Crippen LogP contribution in [0.25, 0.3) is 0 Å². The molecule has 0 aliphatic rings. The lowest BCUT2D eigenvalue weighted by Gasteiger charge is -1.32. The van der Waals surface area contributed by atoms with E-state index < -0.39 is 0 Å². The summed E-state index contributed by atoms with van der Waals surface area (Å²) in [4.78, 5) is 0. The fraction of sp³-hybridized carbons (Fsp3) is 0. The minimum absolute atomic E-state index is 0.721. The predicted octanol–water partition coefficient (Wildman–Crippen LogP) is -0.909. The van der Waals surface area contributed by atoms with Gasteiger partial charge in [0.1, 0.15) is 6.72 Å². The molecule has 1 N–H and O–H groups in total. The molecule has 0 aromatic rings. The molecule has 0 aliphatic carbocycles. The van der Waals surface area contributed by atoms with E-state index in [0.717, 1.165) is 7.51 Å². The van der Waals surface area contributed by atoms with Gasteiger partial charge in [-0.3, -0.25) is 0 Å². The number of hydrogen-bond acceptors (Lipinski definition) is 1. The first kappa shape index (κ1) is 4.19. The van der Waals surface area contributed by atoms with E-state index in [1.54, 1.807) is 0 Å². The van der Waals surface area contributed by atoms with Crippen molar-refractivity contribution in [3.63, 3.8) is 0 Å². The van der Waals surface area contributed by atoms with Gasteiger partial charge in [0.25, 0.3) is 0 Å². The molecular weight excluding hydrogens is 89.1 g/mol. The molecule has 0 fully saturated rings. The molecule has 4 heavy (non-hydrogen) atoms. The summed E-state index contributed by atoms with van der Waals surface area (Å²) in [6.07, 6.45) is 0. The Morgan fingerprint density at radius 2 is 2.25 bits per heavy atom. The average Bonchev–Trinajstić information content (AvgIpc) is 1.37. The molecule has 0 heterocycles. The van der Waals surface area contributed by atoms with Crippen molar-refractivity contribution in [3.8, 4) is 0 Å². The van der Waals surface area contributed by atoms with Crippen LogP contribution >= 0.6 is 7.51 Å². The Bertz CT molecular complexity index is 29.0. The maximum atomic E-state index is 4.35. The van der Waals surface area contributed by atoms with Crippen LogP contribution in [0.5, 0.6) is 0 Å². The minimum Gasteiger partial charge on any atom is -0.196 e. The van der Waals surface area contributed by atoms with Crippen molar-refractivity contribution < 1.29 is 4.76 Å². The van der Waals surface area contributed by atoms with Gasteiger partial charge in [-0.15, -0.1) is 0 Å². The van der Waals surface area contributed by atoms with Crippen LogP contribution in [-0.4, -0.2) is 6.72 Å². The molecule has 22 valence electrons. The summed E-state index contributed by atoms with van der Waals surface area (Å²) >= 11 is 4.35. The Balaban J connectivity index is 2.73. The Labute approximate surface area is 31.6 Å². The van der Waals surface area contributed by atoms with Crippen LogP contribution < -0.4 is 4.76 Å². The van der Waals surface area contributed by atoms with Crippen LogP contribution in [-0.2, 0) is 11.8 Å². The normalized spacial score (nSPS) is 7.00. The quantitative estimate of drug-likeness (QED) is 0.326. The number of nitrogens with one attached hydrogen (secondary N) is 1. The smallest absolute Gasteiger partial charge is 0.196 e. The fourth-order valence-corrected chi connectivity index (χ4v) is 0. The Morgan fingerprint density at radius 1 is 2.00 bits per heavy atom. The van der Waals surface area contributed by atoms with Gasteiger partial charge in [0.2, 0.25) is 0 Å². The third-order valence-electron chi connectivity index (χ3n) is 0.0645. The number of hydrogen-bond donors (Lipinski definition) is 1. The monoisotopic (exact) mass is 92.0 g/mol. The van der Waals surface area contributed by atoms with E-state index in [1.807, 2.05) is 0 Å². The molecular formula is CH3NPS+. The highest BCUT2D eigenvalue weighted by atomic mass is 32.4. The molecule has 0 aliphatic heterocycles. The zero-order valence-electron chi connectivity index (χ0n) is 2.06. The molecule has 0 aromatic carbocycles. The first-order valence-corrected chi connectivity index (χ1v) is 2.67. The van der Waals surface area contributed by atoms with Crippen molar-refractivity contribution in [2.45, 2.75) is 0 Å². The standard InChI is InChI=1S/CH2NPS/c1-2-3-4/h1H2/p+1. The van der Waals surface area contributed by atoms with Crippen LogP contribution in [0, 0.1) is 0 Å². The van der Waals surface area contributed by atoms with E-state index in [9.17, 15) is 0 Å².